The van der Waals surface area contributed by atoms with Crippen molar-refractivity contribution in [2.45, 2.75) is 153 Å². The number of hydrogen-bond acceptors (Lipinski definition) is 10. The van der Waals surface area contributed by atoms with Gasteiger partial charge in [0.2, 0.25) is 0 Å². The molecule has 0 aromatic heterocycles. The van der Waals surface area contributed by atoms with E-state index >= 15 is 0 Å². The lowest BCUT2D eigenvalue weighted by atomic mass is 9.70. The molecular weight excluding hydrogens is 785 g/mol. The van der Waals surface area contributed by atoms with Crippen LogP contribution in [-0.4, -0.2) is 97.5 Å². The second-order valence-corrected chi connectivity index (χ2v) is 23.5. The van der Waals surface area contributed by atoms with Crippen molar-refractivity contribution >= 4 is 0 Å². The zero-order valence-corrected chi connectivity index (χ0v) is 40.9. The van der Waals surface area contributed by atoms with E-state index in [1.807, 2.05) is 0 Å². The molecule has 62 heavy (non-hydrogen) atoms. The van der Waals surface area contributed by atoms with Gasteiger partial charge in [0.05, 0.1) is 59.5 Å². The molecule has 0 N–H and O–H groups in total. The minimum atomic E-state index is 0.125. The molecule has 0 amide bonds. The SMILES string of the molecule is CC(C)C1C2COC3OCC1(C)C3C2.CC(C)C1C2COC3OCC1C3C2.CC(C)C1CCOC2OCCC21.CC(C)C1COC2OCCC21.CC(C)C1COC2OCCCC21. The van der Waals surface area contributed by atoms with Gasteiger partial charge in [-0.05, 0) is 122 Å². The second kappa shape index (κ2) is 20.9. The molecule has 4 bridgehead atoms. The van der Waals surface area contributed by atoms with Crippen molar-refractivity contribution in [3.63, 3.8) is 0 Å². The van der Waals surface area contributed by atoms with Crippen LogP contribution in [0.3, 0.4) is 0 Å². The van der Waals surface area contributed by atoms with Crippen LogP contribution in [0.5, 0.6) is 0 Å². The maximum atomic E-state index is 5.78. The zero-order valence-electron chi connectivity index (χ0n) is 40.9. The Morgan fingerprint density at radius 2 is 0.887 bits per heavy atom. The minimum Gasteiger partial charge on any atom is -0.352 e. The first-order chi connectivity index (χ1) is 29.8. The molecule has 10 heteroatoms. The van der Waals surface area contributed by atoms with E-state index in [9.17, 15) is 0 Å². The van der Waals surface area contributed by atoms with Crippen LogP contribution in [0, 0.1) is 112 Å². The third-order valence-corrected chi connectivity index (χ3v) is 18.3. The summed E-state index contributed by atoms with van der Waals surface area (Å²) in [6, 6.07) is 0. The summed E-state index contributed by atoms with van der Waals surface area (Å²) in [5.41, 5.74) is 0.403. The van der Waals surface area contributed by atoms with Gasteiger partial charge in [-0.2, -0.15) is 0 Å². The summed E-state index contributed by atoms with van der Waals surface area (Å²) in [7, 11) is 0. The molecular formula is C52H90O10. The Morgan fingerprint density at radius 3 is 1.50 bits per heavy atom. The maximum Gasteiger partial charge on any atom is 0.161 e. The van der Waals surface area contributed by atoms with Crippen LogP contribution >= 0.6 is 0 Å². The molecule has 10 aliphatic heterocycles. The second-order valence-electron chi connectivity index (χ2n) is 23.5. The molecule has 2 aliphatic carbocycles. The highest BCUT2D eigenvalue weighted by atomic mass is 16.7. The first-order valence-corrected chi connectivity index (χ1v) is 25.9. The fourth-order valence-electron chi connectivity index (χ4n) is 15.3. The van der Waals surface area contributed by atoms with Crippen LogP contribution in [0.1, 0.15) is 121 Å². The quantitative estimate of drug-likeness (QED) is 0.266. The van der Waals surface area contributed by atoms with Gasteiger partial charge in [-0.25, -0.2) is 0 Å². The van der Waals surface area contributed by atoms with Crippen molar-refractivity contribution in [2.24, 2.45) is 112 Å². The predicted molar refractivity (Wildman–Crippen MR) is 238 cm³/mol. The van der Waals surface area contributed by atoms with E-state index in [0.717, 1.165) is 149 Å². The van der Waals surface area contributed by atoms with Crippen LogP contribution in [0.4, 0.5) is 0 Å². The number of rotatable bonds is 5. The van der Waals surface area contributed by atoms with Gasteiger partial charge in [0, 0.05) is 41.6 Å². The molecule has 10 nitrogen and oxygen atoms in total. The highest BCUT2D eigenvalue weighted by molar-refractivity contribution is 5.06. The minimum absolute atomic E-state index is 0.125. The third kappa shape index (κ3) is 9.93. The van der Waals surface area contributed by atoms with Crippen LogP contribution < -0.4 is 0 Å². The molecule has 19 unspecified atom stereocenters. The molecule has 10 saturated heterocycles. The van der Waals surface area contributed by atoms with Crippen molar-refractivity contribution < 1.29 is 47.4 Å². The summed E-state index contributed by atoms with van der Waals surface area (Å²) < 4.78 is 56.1. The van der Waals surface area contributed by atoms with E-state index in [4.69, 9.17) is 47.4 Å². The highest BCUT2D eigenvalue weighted by Gasteiger charge is 2.62. The molecule has 12 rings (SSSR count). The van der Waals surface area contributed by atoms with Gasteiger partial charge in [0.1, 0.15) is 0 Å². The molecule has 2 saturated carbocycles. The Labute approximate surface area is 376 Å². The van der Waals surface area contributed by atoms with Crippen molar-refractivity contribution in [3.8, 4) is 0 Å². The average molecular weight is 875 g/mol. The number of ether oxygens (including phenoxy) is 10. The zero-order chi connectivity index (χ0) is 43.9. The standard InChI is InChI=1S/C12H20O2.C11H18O2.2C10H18O2.C9H16O2/c1-7(2)10-8-4-9-11(13-5-8)14-6-12(9,10)3;1-6(2)10-7-3-8-9(10)5-13-11(8)12-4-7;1-7(2)8-3-5-11-10-9(8)4-6-12-10;1-7(2)9-6-12-10-8(9)4-3-5-11-10;1-6(2)8-5-11-9-7(8)3-4-10-9/h7-11H,4-6H2,1-3H3;6-11H,3-5H2,1-2H3;2*7-10H,3-6H2,1-2H3;6-9H,3-5H2,1-2H3. The summed E-state index contributed by atoms with van der Waals surface area (Å²) in [4.78, 5) is 0. The Bertz CT molecular complexity index is 1390. The maximum absolute atomic E-state index is 5.78. The third-order valence-electron chi connectivity index (χ3n) is 18.3. The van der Waals surface area contributed by atoms with Crippen molar-refractivity contribution in [2.75, 3.05) is 66.1 Å². The van der Waals surface area contributed by atoms with Gasteiger partial charge in [0.25, 0.3) is 0 Å². The summed E-state index contributed by atoms with van der Waals surface area (Å²) in [5.74, 6) is 13.7. The number of hydrogen-bond donors (Lipinski definition) is 0. The molecule has 0 aromatic rings. The van der Waals surface area contributed by atoms with Crippen LogP contribution in [0.2, 0.25) is 0 Å². The molecule has 0 spiro atoms. The predicted octanol–water partition coefficient (Wildman–Crippen LogP) is 9.92. The van der Waals surface area contributed by atoms with Crippen LogP contribution in [-0.2, 0) is 47.4 Å². The van der Waals surface area contributed by atoms with Crippen molar-refractivity contribution in [1.29, 1.82) is 0 Å². The van der Waals surface area contributed by atoms with Gasteiger partial charge >= 0.3 is 0 Å². The van der Waals surface area contributed by atoms with E-state index < -0.39 is 0 Å². The summed E-state index contributed by atoms with van der Waals surface area (Å²) >= 11 is 0. The van der Waals surface area contributed by atoms with E-state index in [1.165, 1.54) is 44.9 Å². The monoisotopic (exact) mass is 875 g/mol. The molecule has 12 aliphatic rings. The Hall–Kier alpha value is -0.400. The first-order valence-electron chi connectivity index (χ1n) is 25.9. The smallest absolute Gasteiger partial charge is 0.161 e. The van der Waals surface area contributed by atoms with Crippen molar-refractivity contribution in [3.05, 3.63) is 0 Å². The Morgan fingerprint density at radius 1 is 0.387 bits per heavy atom. The molecule has 358 valence electrons. The van der Waals surface area contributed by atoms with Gasteiger partial charge in [0.15, 0.2) is 31.5 Å². The lowest BCUT2D eigenvalue weighted by Gasteiger charge is -2.35. The molecule has 0 aromatic carbocycles. The van der Waals surface area contributed by atoms with Crippen LogP contribution in [0.15, 0.2) is 0 Å². The number of fused-ring (bicyclic) bond motifs is 5. The summed E-state index contributed by atoms with van der Waals surface area (Å²) in [6.07, 6.45) is 9.52. The van der Waals surface area contributed by atoms with Gasteiger partial charge in [-0.15, -0.1) is 0 Å². The van der Waals surface area contributed by atoms with Crippen LogP contribution in [0.25, 0.3) is 0 Å². The lowest BCUT2D eigenvalue weighted by molar-refractivity contribution is -0.171. The molecule has 12 fully saturated rings. The van der Waals surface area contributed by atoms with E-state index in [0.29, 0.717) is 29.1 Å². The fraction of sp³-hybridized carbons (Fsp3) is 1.00. The summed E-state index contributed by atoms with van der Waals surface area (Å²) in [6.45, 7) is 34.7. The van der Waals surface area contributed by atoms with Gasteiger partial charge in [-0.1, -0.05) is 76.2 Å². The highest BCUT2D eigenvalue weighted by Crippen LogP contribution is 2.61. The van der Waals surface area contributed by atoms with E-state index in [1.54, 1.807) is 0 Å². The normalized spacial score (nSPS) is 47.6. The molecule has 19 atom stereocenters. The Kier molecular flexibility index (Phi) is 16.2. The molecule has 10 heterocycles. The summed E-state index contributed by atoms with van der Waals surface area (Å²) in [5, 5.41) is 0. The van der Waals surface area contributed by atoms with Gasteiger partial charge in [-0.3, -0.25) is 0 Å². The lowest BCUT2D eigenvalue weighted by Crippen LogP contribution is -2.35. The first kappa shape index (κ1) is 48.1. The van der Waals surface area contributed by atoms with E-state index in [-0.39, 0.29) is 31.5 Å². The topological polar surface area (TPSA) is 92.3 Å². The molecule has 0 radical (unpaired) electrons. The van der Waals surface area contributed by atoms with Gasteiger partial charge < -0.3 is 47.4 Å². The average Bonchev–Trinajstić information content (AvgIpc) is 4.09. The fourth-order valence-corrected chi connectivity index (χ4v) is 15.3. The Balaban J connectivity index is 0.000000107. The van der Waals surface area contributed by atoms with E-state index in [2.05, 4.69) is 76.2 Å². The largest absolute Gasteiger partial charge is 0.352 e. The van der Waals surface area contributed by atoms with Crippen molar-refractivity contribution in [1.82, 2.24) is 0 Å².